The Hall–Kier alpha value is -3.85. The van der Waals surface area contributed by atoms with E-state index in [0.29, 0.717) is 23.3 Å². The van der Waals surface area contributed by atoms with E-state index in [1.165, 1.54) is 10.1 Å². The quantitative estimate of drug-likeness (QED) is 0.383. The molecule has 9 heteroatoms. The molecule has 1 aliphatic rings. The summed E-state index contributed by atoms with van der Waals surface area (Å²) in [5.41, 5.74) is 1.96. The maximum Gasteiger partial charge on any atom is 0.329 e. The summed E-state index contributed by atoms with van der Waals surface area (Å²) in [5, 5.41) is 10.9. The number of aromatic nitrogens is 4. The molecule has 37 heavy (non-hydrogen) atoms. The third kappa shape index (κ3) is 5.46. The fraction of sp³-hybridized carbons (Fsp3) is 0.393. The average Bonchev–Trinajstić information content (AvgIpc) is 3.27. The molecule has 2 aromatic carbocycles. The van der Waals surface area contributed by atoms with Crippen molar-refractivity contribution in [3.8, 4) is 5.75 Å². The van der Waals surface area contributed by atoms with Crippen LogP contribution in [0.25, 0.3) is 11.2 Å². The smallest absolute Gasteiger partial charge is 0.329 e. The number of nitrogens with zero attached hydrogens (tertiary/aromatic N) is 4. The first-order valence-electron chi connectivity index (χ1n) is 12.7. The van der Waals surface area contributed by atoms with E-state index in [1.54, 1.807) is 11.6 Å². The molecule has 9 nitrogen and oxygen atoms in total. The molecule has 1 fully saturated rings. The predicted octanol–water partition coefficient (Wildman–Crippen LogP) is 2.63. The topological polar surface area (TPSA) is 105 Å². The van der Waals surface area contributed by atoms with Crippen molar-refractivity contribution in [2.75, 3.05) is 24.6 Å². The highest BCUT2D eigenvalue weighted by molar-refractivity contribution is 5.74. The lowest BCUT2D eigenvalue weighted by atomic mass is 9.90. The minimum absolute atomic E-state index is 0.0609. The van der Waals surface area contributed by atoms with E-state index in [9.17, 15) is 14.7 Å². The molecular weight excluding hydrogens is 470 g/mol. The van der Waals surface area contributed by atoms with Gasteiger partial charge in [-0.25, -0.2) is 4.79 Å². The number of nitrogens with one attached hydrogen (secondary N) is 1. The molecule has 5 rings (SSSR count). The van der Waals surface area contributed by atoms with E-state index in [1.807, 2.05) is 37.3 Å². The fourth-order valence-electron chi connectivity index (χ4n) is 5.08. The van der Waals surface area contributed by atoms with Crippen LogP contribution in [0.15, 0.2) is 64.2 Å². The number of aliphatic hydroxyl groups is 1. The molecule has 2 N–H and O–H groups in total. The summed E-state index contributed by atoms with van der Waals surface area (Å²) in [4.78, 5) is 34.4. The monoisotopic (exact) mass is 503 g/mol. The molecule has 0 amide bonds. The molecule has 0 bridgehead atoms. The Morgan fingerprint density at radius 3 is 2.59 bits per heavy atom. The van der Waals surface area contributed by atoms with Crippen molar-refractivity contribution in [2.45, 2.75) is 38.8 Å². The largest absolute Gasteiger partial charge is 0.491 e. The zero-order valence-electron chi connectivity index (χ0n) is 21.3. The highest BCUT2D eigenvalue weighted by Crippen LogP contribution is 2.27. The molecule has 1 aliphatic heterocycles. The first kappa shape index (κ1) is 24.8. The van der Waals surface area contributed by atoms with E-state index < -0.39 is 17.4 Å². The number of hydrogen-bond acceptors (Lipinski definition) is 6. The van der Waals surface area contributed by atoms with Gasteiger partial charge in [0.1, 0.15) is 18.5 Å². The van der Waals surface area contributed by atoms with Crippen molar-refractivity contribution in [1.29, 1.82) is 0 Å². The molecule has 1 saturated heterocycles. The number of rotatable bonds is 8. The number of H-pyrrole nitrogens is 1. The molecule has 0 spiro atoms. The van der Waals surface area contributed by atoms with Crippen LogP contribution in [0.4, 0.5) is 5.95 Å². The number of aryl methyl sites for hydroxylation is 2. The van der Waals surface area contributed by atoms with Crippen LogP contribution in [0.3, 0.4) is 0 Å². The highest BCUT2D eigenvalue weighted by Gasteiger charge is 2.27. The van der Waals surface area contributed by atoms with Gasteiger partial charge in [-0.3, -0.25) is 14.3 Å². The van der Waals surface area contributed by atoms with Crippen LogP contribution < -0.4 is 20.9 Å². The second-order valence-electron chi connectivity index (χ2n) is 9.91. The number of fused-ring (bicyclic) bond motifs is 1. The Bertz CT molecular complexity index is 1480. The number of piperidine rings is 1. The summed E-state index contributed by atoms with van der Waals surface area (Å²) < 4.78 is 8.87. The van der Waals surface area contributed by atoms with Gasteiger partial charge >= 0.3 is 5.69 Å². The molecular formula is C28H33N5O4. The minimum Gasteiger partial charge on any atom is -0.491 e. The van der Waals surface area contributed by atoms with E-state index in [-0.39, 0.29) is 18.7 Å². The summed E-state index contributed by atoms with van der Waals surface area (Å²) >= 11 is 0. The normalized spacial score (nSPS) is 15.3. The van der Waals surface area contributed by atoms with Gasteiger partial charge < -0.3 is 19.3 Å². The molecule has 0 aliphatic carbocycles. The Kier molecular flexibility index (Phi) is 7.14. The molecule has 1 atom stereocenters. The number of aromatic amines is 1. The van der Waals surface area contributed by atoms with Crippen LogP contribution in [0.5, 0.6) is 5.75 Å². The molecule has 4 aromatic rings. The molecule has 194 valence electrons. The van der Waals surface area contributed by atoms with Gasteiger partial charge in [0.15, 0.2) is 11.2 Å². The van der Waals surface area contributed by atoms with E-state index >= 15 is 0 Å². The van der Waals surface area contributed by atoms with Gasteiger partial charge in [-0.1, -0.05) is 42.5 Å². The van der Waals surface area contributed by atoms with Crippen LogP contribution in [0.2, 0.25) is 0 Å². The first-order valence-corrected chi connectivity index (χ1v) is 12.7. The highest BCUT2D eigenvalue weighted by atomic mass is 16.5. The summed E-state index contributed by atoms with van der Waals surface area (Å²) in [6.45, 7) is 3.71. The van der Waals surface area contributed by atoms with E-state index in [2.05, 4.69) is 34.1 Å². The van der Waals surface area contributed by atoms with Crippen molar-refractivity contribution in [3.05, 3.63) is 86.6 Å². The first-order chi connectivity index (χ1) is 17.9. The van der Waals surface area contributed by atoms with Gasteiger partial charge in [0.2, 0.25) is 5.95 Å². The Morgan fingerprint density at radius 2 is 1.86 bits per heavy atom. The molecule has 0 unspecified atom stereocenters. The zero-order valence-corrected chi connectivity index (χ0v) is 21.3. The van der Waals surface area contributed by atoms with Crippen LogP contribution in [0.1, 0.15) is 24.0 Å². The maximum absolute atomic E-state index is 12.9. The second kappa shape index (κ2) is 10.6. The van der Waals surface area contributed by atoms with Crippen LogP contribution in [0, 0.1) is 12.8 Å². The SMILES string of the molecule is Cc1cccc(OC[C@H](O)Cn2c(N3CCC(Cc4ccccc4)CC3)nc3c2c(=O)[nH]c(=O)n3C)c1. The number of hydrogen-bond donors (Lipinski definition) is 2. The summed E-state index contributed by atoms with van der Waals surface area (Å²) in [6, 6.07) is 18.1. The predicted molar refractivity (Wildman–Crippen MR) is 143 cm³/mol. The number of imidazole rings is 1. The summed E-state index contributed by atoms with van der Waals surface area (Å²) in [5.74, 6) is 1.84. The van der Waals surface area contributed by atoms with Gasteiger partial charge in [-0.2, -0.15) is 4.98 Å². The average molecular weight is 504 g/mol. The van der Waals surface area contributed by atoms with E-state index in [0.717, 1.165) is 37.9 Å². The Labute approximate surface area is 215 Å². The number of aliphatic hydroxyl groups excluding tert-OH is 1. The molecule has 0 radical (unpaired) electrons. The van der Waals surface area contributed by atoms with Gasteiger partial charge in [-0.05, 0) is 55.4 Å². The van der Waals surface area contributed by atoms with Gasteiger partial charge in [0.25, 0.3) is 5.56 Å². The van der Waals surface area contributed by atoms with Gasteiger partial charge in [-0.15, -0.1) is 0 Å². The lowest BCUT2D eigenvalue weighted by molar-refractivity contribution is 0.0935. The molecule has 3 heterocycles. The van der Waals surface area contributed by atoms with Gasteiger partial charge in [0.05, 0.1) is 6.54 Å². The third-order valence-electron chi connectivity index (χ3n) is 7.08. The lowest BCUT2D eigenvalue weighted by Crippen LogP contribution is -2.37. The van der Waals surface area contributed by atoms with Crippen LogP contribution in [-0.2, 0) is 20.0 Å². The van der Waals surface area contributed by atoms with Crippen LogP contribution in [-0.4, -0.2) is 50.0 Å². The zero-order chi connectivity index (χ0) is 25.9. The number of benzene rings is 2. The van der Waals surface area contributed by atoms with Crippen molar-refractivity contribution in [3.63, 3.8) is 0 Å². The Balaban J connectivity index is 1.38. The summed E-state index contributed by atoms with van der Waals surface area (Å²) in [6.07, 6.45) is 2.14. The number of ether oxygens (including phenoxy) is 1. The minimum atomic E-state index is -0.885. The van der Waals surface area contributed by atoms with E-state index in [4.69, 9.17) is 9.72 Å². The lowest BCUT2D eigenvalue weighted by Gasteiger charge is -2.33. The molecule has 2 aromatic heterocycles. The van der Waals surface area contributed by atoms with Crippen LogP contribution >= 0.6 is 0 Å². The van der Waals surface area contributed by atoms with Crippen molar-refractivity contribution < 1.29 is 9.84 Å². The van der Waals surface area contributed by atoms with Gasteiger partial charge in [0, 0.05) is 20.1 Å². The third-order valence-corrected chi connectivity index (χ3v) is 7.08. The van der Waals surface area contributed by atoms with Crippen molar-refractivity contribution in [2.24, 2.45) is 13.0 Å². The summed E-state index contributed by atoms with van der Waals surface area (Å²) in [7, 11) is 1.59. The second-order valence-corrected chi connectivity index (χ2v) is 9.91. The fourth-order valence-corrected chi connectivity index (χ4v) is 5.08. The Morgan fingerprint density at radius 1 is 1.11 bits per heavy atom. The molecule has 0 saturated carbocycles. The van der Waals surface area contributed by atoms with Crippen molar-refractivity contribution >= 4 is 17.1 Å². The van der Waals surface area contributed by atoms with Crippen molar-refractivity contribution in [1.82, 2.24) is 19.1 Å². The standard InChI is InChI=1S/C28H33N5O4/c1-19-7-6-10-23(15-19)37-18-22(34)17-33-24-25(31(2)28(36)30-26(24)35)29-27(33)32-13-11-21(12-14-32)16-20-8-4-3-5-9-20/h3-10,15,21-22,34H,11-14,16-18H2,1-2H3,(H,30,35,36)/t22-/m1/s1. The number of anilines is 1. The maximum atomic E-state index is 12.9.